The van der Waals surface area contributed by atoms with Gasteiger partial charge in [0.05, 0.1) is 12.6 Å². The van der Waals surface area contributed by atoms with E-state index in [-0.39, 0.29) is 30.1 Å². The summed E-state index contributed by atoms with van der Waals surface area (Å²) in [7, 11) is 0. The van der Waals surface area contributed by atoms with E-state index in [1.165, 1.54) is 24.0 Å². The minimum absolute atomic E-state index is 0. The Bertz CT molecular complexity index is 591. The first-order chi connectivity index (χ1) is 13.1. The minimum atomic E-state index is -0.101. The lowest BCUT2D eigenvalue weighted by Gasteiger charge is -2.33. The van der Waals surface area contributed by atoms with Crippen molar-refractivity contribution in [1.29, 1.82) is 0 Å². The highest BCUT2D eigenvalue weighted by atomic mass is 127. The summed E-state index contributed by atoms with van der Waals surface area (Å²) in [5.74, 6) is 1.89. The van der Waals surface area contributed by atoms with Gasteiger partial charge in [0.15, 0.2) is 5.96 Å². The van der Waals surface area contributed by atoms with Crippen LogP contribution in [0.15, 0.2) is 29.3 Å². The topological polar surface area (TPSA) is 51.1 Å². The van der Waals surface area contributed by atoms with Crippen LogP contribution in [-0.4, -0.2) is 59.7 Å². The average molecular weight is 500 g/mol. The van der Waals surface area contributed by atoms with Crippen molar-refractivity contribution in [3.05, 3.63) is 35.4 Å². The number of halogens is 1. The number of benzene rings is 1. The highest BCUT2D eigenvalue weighted by Crippen LogP contribution is 2.17. The zero-order chi connectivity index (χ0) is 19.1. The summed E-state index contributed by atoms with van der Waals surface area (Å²) in [6.07, 6.45) is 4.21. The van der Waals surface area contributed by atoms with Gasteiger partial charge < -0.3 is 15.3 Å². The zero-order valence-electron chi connectivity index (χ0n) is 17.4. The molecule has 2 aliphatic heterocycles. The van der Waals surface area contributed by atoms with Crippen molar-refractivity contribution in [3.8, 4) is 0 Å². The lowest BCUT2D eigenvalue weighted by atomic mass is 10.00. The second kappa shape index (κ2) is 12.0. The maximum atomic E-state index is 9.63. The number of nitrogens with one attached hydrogen (secondary N) is 1. The Kier molecular flexibility index (Phi) is 10.0. The van der Waals surface area contributed by atoms with E-state index in [1.54, 1.807) is 0 Å². The predicted molar refractivity (Wildman–Crippen MR) is 127 cm³/mol. The van der Waals surface area contributed by atoms with Crippen LogP contribution in [0.25, 0.3) is 0 Å². The fourth-order valence-corrected chi connectivity index (χ4v) is 3.90. The summed E-state index contributed by atoms with van der Waals surface area (Å²) >= 11 is 0. The minimum Gasteiger partial charge on any atom is -0.393 e. The van der Waals surface area contributed by atoms with Gasteiger partial charge in [-0.05, 0) is 49.7 Å². The molecule has 0 amide bonds. The summed E-state index contributed by atoms with van der Waals surface area (Å²) in [5.41, 5.74) is 2.60. The molecule has 2 aliphatic rings. The van der Waals surface area contributed by atoms with Crippen LogP contribution in [0.4, 0.5) is 0 Å². The summed E-state index contributed by atoms with van der Waals surface area (Å²) < 4.78 is 0. The second-order valence-corrected chi connectivity index (χ2v) is 8.16. The molecule has 0 aromatic heterocycles. The number of likely N-dealkylation sites (tertiary alicyclic amines) is 2. The first-order valence-corrected chi connectivity index (χ1v) is 10.7. The molecule has 6 heteroatoms. The first kappa shape index (κ1) is 23.4. The lowest BCUT2D eigenvalue weighted by Crippen LogP contribution is -2.45. The van der Waals surface area contributed by atoms with Gasteiger partial charge in [0.25, 0.3) is 0 Å². The number of hydrogen-bond donors (Lipinski definition) is 2. The molecule has 0 unspecified atom stereocenters. The fourth-order valence-electron chi connectivity index (χ4n) is 3.90. The van der Waals surface area contributed by atoms with Crippen molar-refractivity contribution in [2.45, 2.75) is 58.7 Å². The van der Waals surface area contributed by atoms with Crippen LogP contribution in [-0.2, 0) is 13.1 Å². The van der Waals surface area contributed by atoms with E-state index in [0.29, 0.717) is 0 Å². The number of rotatable bonds is 5. The molecule has 1 aromatic carbocycles. The highest BCUT2D eigenvalue weighted by Gasteiger charge is 2.19. The van der Waals surface area contributed by atoms with Gasteiger partial charge in [-0.2, -0.15) is 0 Å². The molecular formula is C22H37IN4O. The molecule has 2 heterocycles. The molecule has 2 N–H and O–H groups in total. The summed E-state index contributed by atoms with van der Waals surface area (Å²) in [6.45, 7) is 11.3. The Hall–Kier alpha value is -0.860. The van der Waals surface area contributed by atoms with Crippen molar-refractivity contribution in [1.82, 2.24) is 15.1 Å². The number of aliphatic hydroxyl groups excluding tert-OH is 1. The van der Waals surface area contributed by atoms with Crippen molar-refractivity contribution in [3.63, 3.8) is 0 Å². The smallest absolute Gasteiger partial charge is 0.194 e. The molecule has 0 saturated carbocycles. The van der Waals surface area contributed by atoms with Crippen LogP contribution in [0, 0.1) is 5.92 Å². The molecule has 158 valence electrons. The van der Waals surface area contributed by atoms with Crippen LogP contribution in [0.5, 0.6) is 0 Å². The average Bonchev–Trinajstić information content (AvgIpc) is 2.69. The number of aliphatic imine (C=N–C) groups is 1. The maximum Gasteiger partial charge on any atom is 0.194 e. The van der Waals surface area contributed by atoms with E-state index in [1.807, 2.05) is 0 Å². The van der Waals surface area contributed by atoms with Crippen LogP contribution in [0.1, 0.15) is 50.7 Å². The maximum absolute atomic E-state index is 9.63. The first-order valence-electron chi connectivity index (χ1n) is 10.7. The van der Waals surface area contributed by atoms with Crippen LogP contribution in [0.2, 0.25) is 0 Å². The third-order valence-corrected chi connectivity index (χ3v) is 5.82. The molecule has 0 spiro atoms. The zero-order valence-corrected chi connectivity index (χ0v) is 19.8. The Morgan fingerprint density at radius 2 is 1.64 bits per heavy atom. The Balaban J connectivity index is 0.00000280. The third-order valence-electron chi connectivity index (χ3n) is 5.82. The molecule has 2 fully saturated rings. The number of guanidine groups is 1. The van der Waals surface area contributed by atoms with Gasteiger partial charge in [0.1, 0.15) is 0 Å². The van der Waals surface area contributed by atoms with Gasteiger partial charge in [-0.15, -0.1) is 24.0 Å². The molecule has 0 radical (unpaired) electrons. The van der Waals surface area contributed by atoms with E-state index in [4.69, 9.17) is 4.99 Å². The summed E-state index contributed by atoms with van der Waals surface area (Å²) in [5, 5.41) is 13.1. The largest absolute Gasteiger partial charge is 0.393 e. The molecule has 2 saturated heterocycles. The van der Waals surface area contributed by atoms with E-state index in [2.05, 4.69) is 53.2 Å². The Morgan fingerprint density at radius 1 is 1.04 bits per heavy atom. The molecule has 0 atom stereocenters. The fraction of sp³-hybridized carbons (Fsp3) is 0.682. The van der Waals surface area contributed by atoms with Gasteiger partial charge in [0.2, 0.25) is 0 Å². The number of nitrogens with zero attached hydrogens (tertiary/aromatic N) is 3. The number of aliphatic hydroxyl groups is 1. The second-order valence-electron chi connectivity index (χ2n) is 8.16. The van der Waals surface area contributed by atoms with Gasteiger partial charge >= 0.3 is 0 Å². The van der Waals surface area contributed by atoms with E-state index in [9.17, 15) is 5.11 Å². The summed E-state index contributed by atoms with van der Waals surface area (Å²) in [4.78, 5) is 9.72. The van der Waals surface area contributed by atoms with Gasteiger partial charge in [-0.1, -0.05) is 31.2 Å². The van der Waals surface area contributed by atoms with Crippen molar-refractivity contribution in [2.24, 2.45) is 10.9 Å². The molecule has 28 heavy (non-hydrogen) atoms. The van der Waals surface area contributed by atoms with Gasteiger partial charge in [0, 0.05) is 39.3 Å². The molecule has 0 bridgehead atoms. The van der Waals surface area contributed by atoms with Crippen molar-refractivity contribution in [2.75, 3.05) is 32.7 Å². The quantitative estimate of drug-likeness (QED) is 0.370. The number of piperidine rings is 2. The van der Waals surface area contributed by atoms with E-state index in [0.717, 1.165) is 70.5 Å². The SMILES string of the molecule is CCNC(=NCc1ccc(CN2CCC(O)CC2)cc1)N1CCC(C)CC1.I. The predicted octanol–water partition coefficient (Wildman–Crippen LogP) is 3.46. The molecule has 1 aromatic rings. The van der Waals surface area contributed by atoms with Crippen LogP contribution >= 0.6 is 24.0 Å². The number of hydrogen-bond acceptors (Lipinski definition) is 3. The lowest BCUT2D eigenvalue weighted by molar-refractivity contribution is 0.0792. The highest BCUT2D eigenvalue weighted by molar-refractivity contribution is 14.0. The Morgan fingerprint density at radius 3 is 2.25 bits per heavy atom. The normalized spacial score (nSPS) is 20.1. The molecule has 0 aliphatic carbocycles. The van der Waals surface area contributed by atoms with E-state index < -0.39 is 0 Å². The Labute approximate surface area is 187 Å². The van der Waals surface area contributed by atoms with Gasteiger partial charge in [-0.25, -0.2) is 4.99 Å². The molecular weight excluding hydrogens is 463 g/mol. The van der Waals surface area contributed by atoms with Gasteiger partial charge in [-0.3, -0.25) is 4.90 Å². The summed E-state index contributed by atoms with van der Waals surface area (Å²) in [6, 6.07) is 8.87. The third kappa shape index (κ3) is 7.19. The van der Waals surface area contributed by atoms with Crippen LogP contribution < -0.4 is 5.32 Å². The molecule has 5 nitrogen and oxygen atoms in total. The standard InChI is InChI=1S/C22H36N4O.HI/c1-3-23-22(26-14-8-18(2)9-15-26)24-16-19-4-6-20(7-5-19)17-25-12-10-21(27)11-13-25;/h4-7,18,21,27H,3,8-17H2,1-2H3,(H,23,24);1H. The molecule has 3 rings (SSSR count). The van der Waals surface area contributed by atoms with Crippen molar-refractivity contribution >= 4 is 29.9 Å². The van der Waals surface area contributed by atoms with E-state index >= 15 is 0 Å². The monoisotopic (exact) mass is 500 g/mol. The van der Waals surface area contributed by atoms with Crippen LogP contribution in [0.3, 0.4) is 0 Å². The van der Waals surface area contributed by atoms with Crippen molar-refractivity contribution < 1.29 is 5.11 Å².